The van der Waals surface area contributed by atoms with Gasteiger partial charge in [-0.25, -0.2) is 9.18 Å². The summed E-state index contributed by atoms with van der Waals surface area (Å²) in [6.07, 6.45) is 12.3. The molecule has 1 unspecified atom stereocenters. The molecule has 0 aromatic carbocycles. The van der Waals surface area contributed by atoms with E-state index in [1.165, 1.54) is 45.6 Å². The van der Waals surface area contributed by atoms with Crippen molar-refractivity contribution in [1.29, 1.82) is 0 Å². The van der Waals surface area contributed by atoms with Gasteiger partial charge in [-0.15, -0.1) is 0 Å². The topological polar surface area (TPSA) is 26.3 Å². The van der Waals surface area contributed by atoms with Gasteiger partial charge in [0.15, 0.2) is 0 Å². The molecule has 2 rings (SSSR count). The molecule has 130 valence electrons. The summed E-state index contributed by atoms with van der Waals surface area (Å²) >= 11 is 3.39. The lowest BCUT2D eigenvalue weighted by molar-refractivity contribution is -0.136. The summed E-state index contributed by atoms with van der Waals surface area (Å²) in [5, 5.41) is 0. The molecule has 0 heterocycles. The number of unbranched alkanes of at least 4 members (excludes halogenated alkanes) is 2. The summed E-state index contributed by atoms with van der Waals surface area (Å²) in [4.78, 5) is 11.6. The molecule has 0 radical (unpaired) electrons. The zero-order valence-corrected chi connectivity index (χ0v) is 15.8. The van der Waals surface area contributed by atoms with Crippen LogP contribution in [0, 0.1) is 11.8 Å². The molecular weight excluding hydrogens is 359 g/mol. The van der Waals surface area contributed by atoms with Gasteiger partial charge in [0.25, 0.3) is 0 Å². The van der Waals surface area contributed by atoms with Crippen molar-refractivity contribution >= 4 is 21.9 Å². The molecular formula is C19H28BrFO2. The van der Waals surface area contributed by atoms with Gasteiger partial charge < -0.3 is 4.74 Å². The van der Waals surface area contributed by atoms with Crippen LogP contribution in [0.4, 0.5) is 4.39 Å². The highest BCUT2D eigenvalue weighted by Gasteiger charge is 2.33. The Labute approximate surface area is 147 Å². The van der Waals surface area contributed by atoms with Crippen LogP contribution in [-0.4, -0.2) is 17.9 Å². The first-order chi connectivity index (χ1) is 11.1. The van der Waals surface area contributed by atoms with Crippen molar-refractivity contribution in [2.24, 2.45) is 11.8 Å². The van der Waals surface area contributed by atoms with Crippen molar-refractivity contribution in [1.82, 2.24) is 0 Å². The maximum absolute atomic E-state index is 14.8. The Morgan fingerprint density at radius 3 is 2.61 bits per heavy atom. The smallest absolute Gasteiger partial charge is 0.337 e. The molecule has 2 aliphatic rings. The molecule has 0 aromatic heterocycles. The molecule has 2 aliphatic carbocycles. The van der Waals surface area contributed by atoms with Crippen LogP contribution in [0.25, 0.3) is 0 Å². The van der Waals surface area contributed by atoms with Crippen LogP contribution in [-0.2, 0) is 9.53 Å². The molecule has 1 saturated carbocycles. The van der Waals surface area contributed by atoms with Gasteiger partial charge in [-0.3, -0.25) is 0 Å². The number of esters is 1. The molecule has 2 nitrogen and oxygen atoms in total. The molecule has 0 amide bonds. The van der Waals surface area contributed by atoms with Crippen LogP contribution >= 0.6 is 15.9 Å². The van der Waals surface area contributed by atoms with Crippen LogP contribution in [0.3, 0.4) is 0 Å². The quantitative estimate of drug-likeness (QED) is 0.324. The fourth-order valence-corrected chi connectivity index (χ4v) is 4.42. The minimum atomic E-state index is -0.553. The van der Waals surface area contributed by atoms with E-state index in [0.717, 1.165) is 24.3 Å². The normalized spacial score (nSPS) is 28.5. The van der Waals surface area contributed by atoms with Gasteiger partial charge in [0.2, 0.25) is 0 Å². The van der Waals surface area contributed by atoms with Crippen molar-refractivity contribution < 1.29 is 13.9 Å². The lowest BCUT2D eigenvalue weighted by Crippen LogP contribution is -2.23. The first-order valence-electron chi connectivity index (χ1n) is 8.90. The third-order valence-electron chi connectivity index (χ3n) is 5.26. The van der Waals surface area contributed by atoms with E-state index in [0.29, 0.717) is 6.42 Å². The maximum atomic E-state index is 14.8. The lowest BCUT2D eigenvalue weighted by atomic mass is 9.75. The van der Waals surface area contributed by atoms with Crippen LogP contribution in [0.2, 0.25) is 0 Å². The molecule has 1 fully saturated rings. The summed E-state index contributed by atoms with van der Waals surface area (Å²) in [5.74, 6) is 0.165. The summed E-state index contributed by atoms with van der Waals surface area (Å²) in [6.45, 7) is 2.23. The number of rotatable bonds is 6. The van der Waals surface area contributed by atoms with Gasteiger partial charge in [0.1, 0.15) is 5.83 Å². The summed E-state index contributed by atoms with van der Waals surface area (Å²) < 4.78 is 19.6. The van der Waals surface area contributed by atoms with Gasteiger partial charge in [-0.1, -0.05) is 54.6 Å². The largest absolute Gasteiger partial charge is 0.466 e. The highest BCUT2D eigenvalue weighted by molar-refractivity contribution is 9.09. The van der Waals surface area contributed by atoms with Crippen molar-refractivity contribution in [2.75, 3.05) is 7.11 Å². The Morgan fingerprint density at radius 1 is 1.30 bits per heavy atom. The fraction of sp³-hybridized carbons (Fsp3) is 0.737. The Bertz CT molecular complexity index is 476. The number of methoxy groups -OCH3 is 1. The molecule has 0 aromatic rings. The van der Waals surface area contributed by atoms with Gasteiger partial charge in [-0.2, -0.15) is 0 Å². The predicted molar refractivity (Wildman–Crippen MR) is 95.2 cm³/mol. The zero-order valence-electron chi connectivity index (χ0n) is 14.2. The number of alkyl halides is 1. The highest BCUT2D eigenvalue weighted by atomic mass is 79.9. The third-order valence-corrected chi connectivity index (χ3v) is 6.09. The number of ether oxygens (including phenoxy) is 1. The van der Waals surface area contributed by atoms with Crippen LogP contribution in [0.15, 0.2) is 23.0 Å². The molecule has 0 bridgehead atoms. The lowest BCUT2D eigenvalue weighted by Gasteiger charge is -2.32. The second-order valence-corrected chi connectivity index (χ2v) is 7.90. The fourth-order valence-electron chi connectivity index (χ4n) is 3.85. The maximum Gasteiger partial charge on any atom is 0.337 e. The minimum Gasteiger partial charge on any atom is -0.466 e. The molecule has 0 N–H and O–H groups in total. The standard InChI is InChI=1S/C19H28BrFO2/c1-3-4-5-6-13-7-9-14(10-8-13)15-11-12-16(20)17(18(15)21)19(22)23-2/h11,13-14,16H,3-10,12H2,1-2H3. The minimum absolute atomic E-state index is 0.162. The molecule has 0 saturated heterocycles. The van der Waals surface area contributed by atoms with E-state index < -0.39 is 5.97 Å². The van der Waals surface area contributed by atoms with Crippen molar-refractivity contribution in [3.8, 4) is 0 Å². The SMILES string of the molecule is CCCCCC1CCC(C2=CCC(Br)C(C(=O)OC)=C2F)CC1. The Hall–Kier alpha value is -0.640. The Morgan fingerprint density at radius 2 is 2.00 bits per heavy atom. The van der Waals surface area contributed by atoms with E-state index in [2.05, 4.69) is 22.9 Å². The number of carbonyl (C=O) groups excluding carboxylic acids is 1. The van der Waals surface area contributed by atoms with Crippen LogP contribution in [0.5, 0.6) is 0 Å². The molecule has 1 atom stereocenters. The average Bonchev–Trinajstić information content (AvgIpc) is 2.56. The van der Waals surface area contributed by atoms with Crippen molar-refractivity contribution in [3.05, 3.63) is 23.0 Å². The average molecular weight is 387 g/mol. The summed E-state index contributed by atoms with van der Waals surface area (Å²) in [6, 6.07) is 0. The number of hydrogen-bond donors (Lipinski definition) is 0. The van der Waals surface area contributed by atoms with Gasteiger partial charge in [0.05, 0.1) is 17.5 Å². The third kappa shape index (κ3) is 4.68. The first kappa shape index (κ1) is 18.7. The zero-order chi connectivity index (χ0) is 16.8. The first-order valence-corrected chi connectivity index (χ1v) is 9.82. The van der Waals surface area contributed by atoms with Gasteiger partial charge >= 0.3 is 5.97 Å². The van der Waals surface area contributed by atoms with E-state index in [4.69, 9.17) is 4.74 Å². The highest BCUT2D eigenvalue weighted by Crippen LogP contribution is 2.42. The monoisotopic (exact) mass is 386 g/mol. The molecule has 4 heteroatoms. The van der Waals surface area contributed by atoms with Gasteiger partial charge in [-0.05, 0) is 49.5 Å². The van der Waals surface area contributed by atoms with E-state index >= 15 is 0 Å². The van der Waals surface area contributed by atoms with E-state index in [1.54, 1.807) is 0 Å². The number of allylic oxidation sites excluding steroid dienone is 3. The van der Waals surface area contributed by atoms with Gasteiger partial charge in [0, 0.05) is 0 Å². The summed E-state index contributed by atoms with van der Waals surface area (Å²) in [7, 11) is 1.31. The second kappa shape index (κ2) is 9.00. The van der Waals surface area contributed by atoms with Crippen molar-refractivity contribution in [3.63, 3.8) is 0 Å². The summed E-state index contributed by atoms with van der Waals surface area (Å²) in [5.41, 5.74) is 0.906. The van der Waals surface area contributed by atoms with Crippen molar-refractivity contribution in [2.45, 2.75) is 69.5 Å². The Balaban J connectivity index is 1.98. The van der Waals surface area contributed by atoms with E-state index in [1.807, 2.05) is 6.08 Å². The molecule has 23 heavy (non-hydrogen) atoms. The van der Waals surface area contributed by atoms with Crippen LogP contribution < -0.4 is 0 Å². The van der Waals surface area contributed by atoms with Crippen LogP contribution in [0.1, 0.15) is 64.7 Å². The molecule has 0 aliphatic heterocycles. The second-order valence-electron chi connectivity index (χ2n) is 6.80. The van der Waals surface area contributed by atoms with E-state index in [-0.39, 0.29) is 22.1 Å². The number of halogens is 2. The number of carbonyl (C=O) groups is 1. The van der Waals surface area contributed by atoms with E-state index in [9.17, 15) is 9.18 Å². The Kier molecular flexibility index (Phi) is 7.32. The molecule has 0 spiro atoms. The predicted octanol–water partition coefficient (Wildman–Crippen LogP) is 5.86. The number of hydrogen-bond acceptors (Lipinski definition) is 2.